The zero-order valence-corrected chi connectivity index (χ0v) is 13.0. The number of hydrogen-bond acceptors (Lipinski definition) is 2. The van der Waals surface area contributed by atoms with E-state index < -0.39 is 5.97 Å². The van der Waals surface area contributed by atoms with E-state index in [2.05, 4.69) is 0 Å². The van der Waals surface area contributed by atoms with E-state index in [4.69, 9.17) is 0 Å². The molecule has 0 amide bonds. The maximum Gasteiger partial charge on any atom is 1.00 e. The molecule has 0 unspecified atom stereocenters. The van der Waals surface area contributed by atoms with E-state index in [9.17, 15) is 9.90 Å². The summed E-state index contributed by atoms with van der Waals surface area (Å²) in [6, 6.07) is 8.06. The third-order valence-corrected chi connectivity index (χ3v) is 1.01. The fourth-order valence-corrected chi connectivity index (χ4v) is 0.574. The Morgan fingerprint density at radius 3 is 2.00 bits per heavy atom. The van der Waals surface area contributed by atoms with Crippen LogP contribution in [0, 0.1) is 0 Å². The zero-order chi connectivity index (χ0) is 6.69. The largest absolute Gasteiger partial charge is 1.00 e. The third kappa shape index (κ3) is 5.56. The smallest absolute Gasteiger partial charge is 1.00 e. The van der Waals surface area contributed by atoms with E-state index in [1.807, 2.05) is 0 Å². The molecule has 0 fully saturated rings. The van der Waals surface area contributed by atoms with Gasteiger partial charge in [0.15, 0.2) is 0 Å². The first-order valence-corrected chi connectivity index (χ1v) is 2.57. The Morgan fingerprint density at radius 2 is 1.73 bits per heavy atom. The van der Waals surface area contributed by atoms with Gasteiger partial charge in [-0.15, -0.1) is 0 Å². The minimum absolute atomic E-state index is 0. The molecule has 0 aromatic heterocycles. The molecule has 1 rings (SSSR count). The van der Waals surface area contributed by atoms with E-state index in [1.165, 1.54) is 12.1 Å². The number of benzene rings is 1. The molecule has 0 spiro atoms. The van der Waals surface area contributed by atoms with E-state index >= 15 is 0 Å². The summed E-state index contributed by atoms with van der Waals surface area (Å²) in [6.45, 7) is 0. The van der Waals surface area contributed by atoms with Gasteiger partial charge in [0.05, 0.1) is 5.97 Å². The molecule has 0 aliphatic rings. The first-order chi connectivity index (χ1) is 4.30. The first-order valence-electron chi connectivity index (χ1n) is 2.57. The molecule has 1 aromatic carbocycles. The number of carbonyl (C=O) groups is 1. The first kappa shape index (κ1) is 14.8. The van der Waals surface area contributed by atoms with Gasteiger partial charge in [-0.2, -0.15) is 0 Å². The fourth-order valence-electron chi connectivity index (χ4n) is 0.574. The van der Waals surface area contributed by atoms with Crippen molar-refractivity contribution in [2.24, 2.45) is 0 Å². The molecule has 0 saturated carbocycles. The number of hydrogen-bond donors (Lipinski definition) is 0. The van der Waals surface area contributed by atoms with Crippen LogP contribution < -0.4 is 92.9 Å². The van der Waals surface area contributed by atoms with Crippen LogP contribution in [0.5, 0.6) is 0 Å². The van der Waals surface area contributed by atoms with Crippen LogP contribution in [0.25, 0.3) is 0 Å². The Balaban J connectivity index is -0.000000270. The van der Waals surface area contributed by atoms with Crippen LogP contribution in [-0.4, -0.2) is 5.97 Å². The Bertz CT molecular complexity index is 218. The van der Waals surface area contributed by atoms with Crippen molar-refractivity contribution in [3.8, 4) is 0 Å². The fraction of sp³-hybridized carbons (Fsp3) is 0. The topological polar surface area (TPSA) is 40.1 Å². The summed E-state index contributed by atoms with van der Waals surface area (Å²) in [4.78, 5) is 10.1. The summed E-state index contributed by atoms with van der Waals surface area (Å²) in [6.07, 6.45) is 0. The van der Waals surface area contributed by atoms with E-state index in [0.717, 1.165) is 0 Å². The molecular formula is C7H6CsLiO2. The van der Waals surface area contributed by atoms with Crippen molar-refractivity contribution in [1.82, 2.24) is 0 Å². The number of carboxylic acid groups (broad SMARTS) is 1. The molecule has 0 aliphatic carbocycles. The Morgan fingerprint density at radius 1 is 1.27 bits per heavy atom. The number of carboxylic acids is 1. The SMILES string of the molecule is O=C([O-])c1ccccc1.[Cs+].[H-].[Li+]. The number of aromatic carboxylic acids is 1. The maximum atomic E-state index is 10.1. The van der Waals surface area contributed by atoms with Gasteiger partial charge in [0.25, 0.3) is 0 Å². The van der Waals surface area contributed by atoms with Gasteiger partial charge in [0, 0.05) is 0 Å². The summed E-state index contributed by atoms with van der Waals surface area (Å²) >= 11 is 0. The van der Waals surface area contributed by atoms with Crippen molar-refractivity contribution in [3.63, 3.8) is 0 Å². The molecule has 0 radical (unpaired) electrons. The van der Waals surface area contributed by atoms with Crippen LogP contribution in [-0.2, 0) is 0 Å². The van der Waals surface area contributed by atoms with Crippen LogP contribution in [0.3, 0.4) is 0 Å². The van der Waals surface area contributed by atoms with Gasteiger partial charge >= 0.3 is 87.8 Å². The van der Waals surface area contributed by atoms with E-state index in [1.54, 1.807) is 18.2 Å². The summed E-state index contributed by atoms with van der Waals surface area (Å²) in [5.41, 5.74) is 0.220. The Hall–Kier alpha value is 1.34. The molecule has 0 heterocycles. The second-order valence-electron chi connectivity index (χ2n) is 1.65. The van der Waals surface area contributed by atoms with Crippen molar-refractivity contribution in [2.75, 3.05) is 0 Å². The van der Waals surface area contributed by atoms with Crippen molar-refractivity contribution in [3.05, 3.63) is 35.9 Å². The molecule has 0 atom stereocenters. The number of rotatable bonds is 1. The van der Waals surface area contributed by atoms with Crippen LogP contribution >= 0.6 is 0 Å². The molecule has 11 heavy (non-hydrogen) atoms. The van der Waals surface area contributed by atoms with Crippen molar-refractivity contribution in [2.45, 2.75) is 0 Å². The molecule has 1 aromatic rings. The van der Waals surface area contributed by atoms with E-state index in [-0.39, 0.29) is 94.7 Å². The Labute approximate surface area is 138 Å². The molecule has 0 saturated heterocycles. The average Bonchev–Trinajstić information content (AvgIpc) is 1.90. The zero-order valence-electron chi connectivity index (χ0n) is 7.70. The normalized spacial score (nSPS) is 7.27. The molecule has 0 aliphatic heterocycles. The van der Waals surface area contributed by atoms with Crippen molar-refractivity contribution in [1.29, 1.82) is 0 Å². The van der Waals surface area contributed by atoms with Gasteiger partial charge < -0.3 is 11.3 Å². The van der Waals surface area contributed by atoms with Crippen LogP contribution in [0.4, 0.5) is 0 Å². The summed E-state index contributed by atoms with van der Waals surface area (Å²) < 4.78 is 0. The van der Waals surface area contributed by atoms with Gasteiger partial charge in [0.1, 0.15) is 0 Å². The minimum atomic E-state index is -1.13. The minimum Gasteiger partial charge on any atom is -1.00 e. The Kier molecular flexibility index (Phi) is 10.7. The second kappa shape index (κ2) is 7.96. The molecular weight excluding hydrogens is 256 g/mol. The van der Waals surface area contributed by atoms with Gasteiger partial charge in [-0.05, 0) is 5.56 Å². The predicted molar refractivity (Wildman–Crippen MR) is 31.9 cm³/mol. The van der Waals surface area contributed by atoms with Gasteiger partial charge in [-0.3, -0.25) is 0 Å². The molecule has 0 N–H and O–H groups in total. The van der Waals surface area contributed by atoms with Crippen LogP contribution in [0.1, 0.15) is 11.8 Å². The third-order valence-electron chi connectivity index (χ3n) is 1.01. The predicted octanol–water partition coefficient (Wildman–Crippen LogP) is -5.83. The standard InChI is InChI=1S/C7H6O2.Cs.Li.H/c8-7(9)6-4-2-1-3-5-6;;;/h1-5H,(H,8,9);;;/q;2*+1;-1/p-1. The van der Waals surface area contributed by atoms with E-state index in [0.29, 0.717) is 0 Å². The second-order valence-corrected chi connectivity index (χ2v) is 1.65. The van der Waals surface area contributed by atoms with Crippen LogP contribution in [0.15, 0.2) is 30.3 Å². The monoisotopic (exact) mass is 262 g/mol. The van der Waals surface area contributed by atoms with Gasteiger partial charge in [0.2, 0.25) is 0 Å². The van der Waals surface area contributed by atoms with Crippen molar-refractivity contribution < 1.29 is 99.1 Å². The van der Waals surface area contributed by atoms with Gasteiger partial charge in [-0.1, -0.05) is 30.3 Å². The molecule has 0 bridgehead atoms. The van der Waals surface area contributed by atoms with Crippen molar-refractivity contribution >= 4 is 5.97 Å². The molecule has 2 nitrogen and oxygen atoms in total. The molecule has 48 valence electrons. The summed E-state index contributed by atoms with van der Waals surface area (Å²) in [5, 5.41) is 10.1. The average molecular weight is 262 g/mol. The molecule has 4 heteroatoms. The summed E-state index contributed by atoms with van der Waals surface area (Å²) in [7, 11) is 0. The number of carbonyl (C=O) groups excluding carboxylic acids is 1. The summed E-state index contributed by atoms with van der Waals surface area (Å²) in [5.74, 6) is -1.13. The van der Waals surface area contributed by atoms with Crippen LogP contribution in [0.2, 0.25) is 0 Å². The van der Waals surface area contributed by atoms with Gasteiger partial charge in [-0.25, -0.2) is 0 Å². The quantitative estimate of drug-likeness (QED) is 0.473. The maximum absolute atomic E-state index is 10.1.